The van der Waals surface area contributed by atoms with Gasteiger partial charge in [-0.15, -0.1) is 11.8 Å². The van der Waals surface area contributed by atoms with E-state index < -0.39 is 0 Å². The van der Waals surface area contributed by atoms with Crippen LogP contribution in [-0.2, 0) is 0 Å². The van der Waals surface area contributed by atoms with Gasteiger partial charge in [-0.25, -0.2) is 9.97 Å². The van der Waals surface area contributed by atoms with Crippen molar-refractivity contribution >= 4 is 17.7 Å². The fraction of sp³-hybridized carbons (Fsp3) is 0.636. The van der Waals surface area contributed by atoms with Gasteiger partial charge in [-0.3, -0.25) is 0 Å². The minimum absolute atomic E-state index is 0.675. The van der Waals surface area contributed by atoms with E-state index in [2.05, 4.69) is 22.2 Å². The summed E-state index contributed by atoms with van der Waals surface area (Å²) in [5.74, 6) is 1.62. The highest BCUT2D eigenvalue weighted by molar-refractivity contribution is 7.99. The van der Waals surface area contributed by atoms with Crippen molar-refractivity contribution in [2.75, 3.05) is 24.2 Å². The number of rotatable bonds is 8. The lowest BCUT2D eigenvalue weighted by Crippen LogP contribution is -2.06. The fourth-order valence-electron chi connectivity index (χ4n) is 1.25. The molecule has 0 aromatic carbocycles. The molecule has 0 bridgehead atoms. The average molecular weight is 240 g/mol. The van der Waals surface area contributed by atoms with Crippen LogP contribution in [0.5, 0.6) is 0 Å². The molecule has 16 heavy (non-hydrogen) atoms. The normalized spacial score (nSPS) is 10.4. The molecule has 0 radical (unpaired) electrons. The van der Waals surface area contributed by atoms with Crippen LogP contribution in [-0.4, -0.2) is 28.8 Å². The average Bonchev–Trinajstić information content (AvgIpc) is 2.33. The molecule has 0 aliphatic carbocycles. The Balaban J connectivity index is 2.35. The first kappa shape index (κ1) is 13.3. The predicted molar refractivity (Wildman–Crippen MR) is 69.8 cm³/mol. The minimum atomic E-state index is 0.675. The largest absolute Gasteiger partial charge is 0.354 e. The zero-order valence-electron chi connectivity index (χ0n) is 9.78. The monoisotopic (exact) mass is 240 g/mol. The number of anilines is 1. The Morgan fingerprint density at radius 2 is 2.31 bits per heavy atom. The molecule has 1 aromatic rings. The molecule has 0 saturated heterocycles. The van der Waals surface area contributed by atoms with Crippen LogP contribution in [0.15, 0.2) is 17.3 Å². The smallest absolute Gasteiger partial charge is 0.223 e. The lowest BCUT2D eigenvalue weighted by Gasteiger charge is -2.05. The molecule has 1 rings (SSSR count). The first-order valence-electron chi connectivity index (χ1n) is 5.76. The van der Waals surface area contributed by atoms with Gasteiger partial charge >= 0.3 is 0 Å². The third-order valence-corrected chi connectivity index (χ3v) is 3.02. The van der Waals surface area contributed by atoms with Gasteiger partial charge in [0.1, 0.15) is 5.03 Å². The summed E-state index contributed by atoms with van der Waals surface area (Å²) in [6, 6.07) is 1.91. The van der Waals surface area contributed by atoms with Crippen molar-refractivity contribution in [3.63, 3.8) is 0 Å². The first-order chi connectivity index (χ1) is 7.86. The molecule has 0 amide bonds. The van der Waals surface area contributed by atoms with Crippen LogP contribution in [0.25, 0.3) is 0 Å². The number of hydrogen-bond donors (Lipinski definition) is 2. The van der Waals surface area contributed by atoms with E-state index in [1.54, 1.807) is 18.0 Å². The number of aromatic nitrogens is 2. The molecule has 5 heteroatoms. The number of thioether (sulfide) groups is 1. The zero-order chi connectivity index (χ0) is 11.6. The van der Waals surface area contributed by atoms with Crippen LogP contribution in [0.3, 0.4) is 0 Å². The Morgan fingerprint density at radius 3 is 3.06 bits per heavy atom. The third kappa shape index (κ3) is 5.32. The van der Waals surface area contributed by atoms with Gasteiger partial charge in [-0.2, -0.15) is 0 Å². The lowest BCUT2D eigenvalue weighted by atomic mass is 10.2. The van der Waals surface area contributed by atoms with Gasteiger partial charge in [-0.05, 0) is 12.5 Å². The first-order valence-corrected chi connectivity index (χ1v) is 6.75. The summed E-state index contributed by atoms with van der Waals surface area (Å²) in [7, 11) is 0. The Hall–Kier alpha value is -0.810. The summed E-state index contributed by atoms with van der Waals surface area (Å²) in [5.41, 5.74) is 5.45. The Morgan fingerprint density at radius 1 is 1.44 bits per heavy atom. The van der Waals surface area contributed by atoms with Crippen molar-refractivity contribution in [3.8, 4) is 0 Å². The van der Waals surface area contributed by atoms with E-state index in [-0.39, 0.29) is 0 Å². The maximum absolute atomic E-state index is 5.45. The van der Waals surface area contributed by atoms with Crippen LogP contribution in [0.4, 0.5) is 5.95 Å². The summed E-state index contributed by atoms with van der Waals surface area (Å²) in [4.78, 5) is 8.57. The van der Waals surface area contributed by atoms with E-state index in [0.29, 0.717) is 6.54 Å². The molecule has 90 valence electrons. The quantitative estimate of drug-likeness (QED) is 0.414. The summed E-state index contributed by atoms with van der Waals surface area (Å²) in [5, 5.41) is 4.21. The second-order valence-electron chi connectivity index (χ2n) is 3.49. The number of unbranched alkanes of at least 4 members (excludes halogenated alkanes) is 2. The Kier molecular flexibility index (Phi) is 6.92. The SMILES string of the molecule is CCCCCNc1nccc(SCCN)n1. The van der Waals surface area contributed by atoms with E-state index in [0.717, 1.165) is 23.3 Å². The van der Waals surface area contributed by atoms with Crippen molar-refractivity contribution in [2.45, 2.75) is 31.2 Å². The maximum atomic E-state index is 5.45. The molecule has 0 fully saturated rings. The standard InChI is InChI=1S/C11H20N4S/c1-2-3-4-7-13-11-14-8-5-10(15-11)16-9-6-12/h5,8H,2-4,6-7,9,12H2,1H3,(H,13,14,15). The molecule has 0 atom stereocenters. The van der Waals surface area contributed by atoms with Gasteiger partial charge in [0.05, 0.1) is 0 Å². The zero-order valence-corrected chi connectivity index (χ0v) is 10.6. The second kappa shape index (κ2) is 8.35. The van der Waals surface area contributed by atoms with Crippen molar-refractivity contribution in [3.05, 3.63) is 12.3 Å². The third-order valence-electron chi connectivity index (χ3n) is 2.06. The van der Waals surface area contributed by atoms with Gasteiger partial charge in [0.2, 0.25) is 5.95 Å². The fourth-order valence-corrected chi connectivity index (χ4v) is 1.88. The highest BCUT2D eigenvalue weighted by Gasteiger charge is 1.98. The predicted octanol–water partition coefficient (Wildman–Crippen LogP) is 2.13. The maximum Gasteiger partial charge on any atom is 0.223 e. The molecule has 0 aliphatic heterocycles. The van der Waals surface area contributed by atoms with Gasteiger partial charge < -0.3 is 11.1 Å². The van der Waals surface area contributed by atoms with Crippen LogP contribution in [0.2, 0.25) is 0 Å². The van der Waals surface area contributed by atoms with Crippen LogP contribution in [0, 0.1) is 0 Å². The highest BCUT2D eigenvalue weighted by atomic mass is 32.2. The molecule has 1 heterocycles. The lowest BCUT2D eigenvalue weighted by molar-refractivity contribution is 0.739. The van der Waals surface area contributed by atoms with Gasteiger partial charge in [0.15, 0.2) is 0 Å². The molecular weight excluding hydrogens is 220 g/mol. The summed E-state index contributed by atoms with van der Waals surface area (Å²) in [6.07, 6.45) is 5.43. The van der Waals surface area contributed by atoms with Gasteiger partial charge in [-0.1, -0.05) is 19.8 Å². The molecule has 1 aromatic heterocycles. The number of hydrogen-bond acceptors (Lipinski definition) is 5. The van der Waals surface area contributed by atoms with E-state index in [1.807, 2.05) is 6.07 Å². The van der Waals surface area contributed by atoms with Gasteiger partial charge in [0, 0.05) is 25.0 Å². The summed E-state index contributed by atoms with van der Waals surface area (Å²) < 4.78 is 0. The molecule has 0 aliphatic rings. The van der Waals surface area contributed by atoms with Crippen LogP contribution < -0.4 is 11.1 Å². The van der Waals surface area contributed by atoms with Crippen LogP contribution >= 0.6 is 11.8 Å². The van der Waals surface area contributed by atoms with Crippen molar-refractivity contribution in [1.82, 2.24) is 9.97 Å². The van der Waals surface area contributed by atoms with Gasteiger partial charge in [0.25, 0.3) is 0 Å². The van der Waals surface area contributed by atoms with E-state index in [9.17, 15) is 0 Å². The highest BCUT2D eigenvalue weighted by Crippen LogP contribution is 2.14. The molecule has 4 nitrogen and oxygen atoms in total. The molecule has 0 spiro atoms. The summed E-state index contributed by atoms with van der Waals surface area (Å²) in [6.45, 7) is 3.81. The minimum Gasteiger partial charge on any atom is -0.354 e. The topological polar surface area (TPSA) is 63.8 Å². The number of nitrogens with two attached hydrogens (primary N) is 1. The van der Waals surface area contributed by atoms with Crippen molar-refractivity contribution in [1.29, 1.82) is 0 Å². The van der Waals surface area contributed by atoms with Crippen molar-refractivity contribution < 1.29 is 0 Å². The Bertz CT molecular complexity index is 293. The number of nitrogens with zero attached hydrogens (tertiary/aromatic N) is 2. The second-order valence-corrected chi connectivity index (χ2v) is 4.60. The molecular formula is C11H20N4S. The van der Waals surface area contributed by atoms with E-state index in [4.69, 9.17) is 5.73 Å². The number of nitrogens with one attached hydrogen (secondary N) is 1. The molecule has 0 unspecified atom stereocenters. The van der Waals surface area contributed by atoms with Crippen LogP contribution in [0.1, 0.15) is 26.2 Å². The van der Waals surface area contributed by atoms with Crippen molar-refractivity contribution in [2.24, 2.45) is 5.73 Å². The Labute approximate surface area is 101 Å². The summed E-state index contributed by atoms with van der Waals surface area (Å²) >= 11 is 1.66. The molecule has 3 N–H and O–H groups in total. The molecule has 0 saturated carbocycles. The van der Waals surface area contributed by atoms with E-state index in [1.165, 1.54) is 19.3 Å². The van der Waals surface area contributed by atoms with E-state index >= 15 is 0 Å².